The van der Waals surface area contributed by atoms with E-state index in [9.17, 15) is 9.59 Å². The monoisotopic (exact) mass is 348 g/mol. The number of thiophene rings is 1. The second-order valence-electron chi connectivity index (χ2n) is 5.77. The molecule has 6 heteroatoms. The summed E-state index contributed by atoms with van der Waals surface area (Å²) >= 11 is 7.70. The maximum Gasteiger partial charge on any atom is 0.253 e. The summed E-state index contributed by atoms with van der Waals surface area (Å²) in [4.78, 5) is 25.4. The molecule has 1 aliphatic carbocycles. The van der Waals surface area contributed by atoms with Crippen LogP contribution >= 0.6 is 22.9 Å². The first-order valence-electron chi connectivity index (χ1n) is 7.45. The average molecular weight is 349 g/mol. The Morgan fingerprint density at radius 2 is 2.13 bits per heavy atom. The number of benzene rings is 1. The first-order chi connectivity index (χ1) is 11.0. The highest BCUT2D eigenvalue weighted by Gasteiger charge is 2.39. The SMILES string of the molecule is C[C@@H]1C[C@@H]1C(=O)Nc1ccc(Cl)c(C(=O)NCc2cccs2)c1. The van der Waals surface area contributed by atoms with Gasteiger partial charge < -0.3 is 10.6 Å². The molecule has 1 aromatic heterocycles. The van der Waals surface area contributed by atoms with Crippen LogP contribution in [0.25, 0.3) is 0 Å². The van der Waals surface area contributed by atoms with Gasteiger partial charge in [0.1, 0.15) is 0 Å². The van der Waals surface area contributed by atoms with E-state index in [1.807, 2.05) is 17.5 Å². The van der Waals surface area contributed by atoms with Gasteiger partial charge in [-0.3, -0.25) is 9.59 Å². The van der Waals surface area contributed by atoms with E-state index < -0.39 is 0 Å². The molecule has 0 radical (unpaired) electrons. The van der Waals surface area contributed by atoms with E-state index in [2.05, 4.69) is 17.6 Å². The second kappa shape index (κ2) is 6.72. The Morgan fingerprint density at radius 1 is 1.35 bits per heavy atom. The predicted octanol–water partition coefficient (Wildman–Crippen LogP) is 3.93. The minimum atomic E-state index is -0.251. The summed E-state index contributed by atoms with van der Waals surface area (Å²) in [6.45, 7) is 2.51. The summed E-state index contributed by atoms with van der Waals surface area (Å²) in [7, 11) is 0. The largest absolute Gasteiger partial charge is 0.347 e. The van der Waals surface area contributed by atoms with Crippen LogP contribution < -0.4 is 10.6 Å². The molecule has 1 fully saturated rings. The Kier molecular flexibility index (Phi) is 4.68. The first kappa shape index (κ1) is 16.0. The number of halogens is 1. The first-order valence-corrected chi connectivity index (χ1v) is 8.71. The van der Waals surface area contributed by atoms with Gasteiger partial charge in [0.2, 0.25) is 5.91 Å². The Labute approximate surface area is 143 Å². The molecule has 0 unspecified atom stereocenters. The summed E-state index contributed by atoms with van der Waals surface area (Å²) in [6, 6.07) is 8.86. The molecular formula is C17H17ClN2O2S. The van der Waals surface area contributed by atoms with E-state index in [1.54, 1.807) is 29.5 Å². The van der Waals surface area contributed by atoms with Crippen molar-refractivity contribution < 1.29 is 9.59 Å². The Bertz CT molecular complexity index is 730. The van der Waals surface area contributed by atoms with Crippen molar-refractivity contribution >= 4 is 40.4 Å². The topological polar surface area (TPSA) is 58.2 Å². The van der Waals surface area contributed by atoms with Gasteiger partial charge in [-0.2, -0.15) is 0 Å². The van der Waals surface area contributed by atoms with Crippen LogP contribution in [0.1, 0.15) is 28.6 Å². The number of carbonyl (C=O) groups is 2. The van der Waals surface area contributed by atoms with E-state index in [1.165, 1.54) is 0 Å². The van der Waals surface area contributed by atoms with Crippen LogP contribution in [-0.2, 0) is 11.3 Å². The summed E-state index contributed by atoms with van der Waals surface area (Å²) < 4.78 is 0. The van der Waals surface area contributed by atoms with Crippen molar-refractivity contribution in [1.29, 1.82) is 0 Å². The zero-order valence-corrected chi connectivity index (χ0v) is 14.2. The number of amides is 2. The Balaban J connectivity index is 1.67. The Hall–Kier alpha value is -1.85. The molecule has 120 valence electrons. The van der Waals surface area contributed by atoms with Crippen molar-refractivity contribution in [3.8, 4) is 0 Å². The molecule has 1 aromatic carbocycles. The van der Waals surface area contributed by atoms with Crippen molar-refractivity contribution in [2.75, 3.05) is 5.32 Å². The fourth-order valence-electron chi connectivity index (χ4n) is 2.38. The summed E-state index contributed by atoms with van der Waals surface area (Å²) in [6.07, 6.45) is 0.924. The van der Waals surface area contributed by atoms with E-state index in [4.69, 9.17) is 11.6 Å². The van der Waals surface area contributed by atoms with Gasteiger partial charge >= 0.3 is 0 Å². The number of carbonyl (C=O) groups excluding carboxylic acids is 2. The molecule has 2 atom stereocenters. The molecule has 1 heterocycles. The van der Waals surface area contributed by atoms with Crippen LogP contribution in [0.4, 0.5) is 5.69 Å². The third-order valence-electron chi connectivity index (χ3n) is 3.93. The van der Waals surface area contributed by atoms with Crippen molar-refractivity contribution in [2.24, 2.45) is 11.8 Å². The second-order valence-corrected chi connectivity index (χ2v) is 7.20. The molecule has 2 N–H and O–H groups in total. The lowest BCUT2D eigenvalue weighted by atomic mass is 10.1. The van der Waals surface area contributed by atoms with Crippen LogP contribution in [0, 0.1) is 11.8 Å². The van der Waals surface area contributed by atoms with Gasteiger partial charge in [-0.15, -0.1) is 11.3 Å². The molecule has 1 aliphatic rings. The summed E-state index contributed by atoms with van der Waals surface area (Å²) in [5.41, 5.74) is 0.963. The number of nitrogens with one attached hydrogen (secondary N) is 2. The van der Waals surface area contributed by atoms with Gasteiger partial charge in [-0.1, -0.05) is 24.6 Å². The van der Waals surface area contributed by atoms with Gasteiger partial charge in [-0.05, 0) is 42.0 Å². The van der Waals surface area contributed by atoms with Gasteiger partial charge in [0, 0.05) is 16.5 Å². The lowest BCUT2D eigenvalue weighted by Crippen LogP contribution is -2.23. The van der Waals surface area contributed by atoms with E-state index in [0.29, 0.717) is 28.7 Å². The van der Waals surface area contributed by atoms with Crippen molar-refractivity contribution in [3.05, 3.63) is 51.2 Å². The molecule has 0 saturated heterocycles. The van der Waals surface area contributed by atoms with Crippen molar-refractivity contribution in [1.82, 2.24) is 5.32 Å². The standard InChI is InChI=1S/C17H17ClN2O2S/c1-10-7-13(10)17(22)20-11-4-5-15(18)14(8-11)16(21)19-9-12-3-2-6-23-12/h2-6,8,10,13H,7,9H2,1H3,(H,19,21)(H,20,22)/t10-,13+/m1/s1. The minimum absolute atomic E-state index is 0.00441. The fourth-order valence-corrected chi connectivity index (χ4v) is 3.22. The lowest BCUT2D eigenvalue weighted by molar-refractivity contribution is -0.117. The van der Waals surface area contributed by atoms with Crippen LogP contribution in [0.3, 0.4) is 0 Å². The Morgan fingerprint density at radius 3 is 2.78 bits per heavy atom. The quantitative estimate of drug-likeness (QED) is 0.860. The number of hydrogen-bond acceptors (Lipinski definition) is 3. The fraction of sp³-hybridized carbons (Fsp3) is 0.294. The highest BCUT2D eigenvalue weighted by atomic mass is 35.5. The molecule has 0 aliphatic heterocycles. The highest BCUT2D eigenvalue weighted by molar-refractivity contribution is 7.09. The molecule has 23 heavy (non-hydrogen) atoms. The third-order valence-corrected chi connectivity index (χ3v) is 5.13. The smallest absolute Gasteiger partial charge is 0.253 e. The van der Waals surface area contributed by atoms with Crippen LogP contribution in [0.2, 0.25) is 5.02 Å². The van der Waals surface area contributed by atoms with Crippen LogP contribution in [0.5, 0.6) is 0 Å². The third kappa shape index (κ3) is 3.92. The predicted molar refractivity (Wildman–Crippen MR) is 92.8 cm³/mol. The minimum Gasteiger partial charge on any atom is -0.347 e. The van der Waals surface area contributed by atoms with Gasteiger partial charge in [0.15, 0.2) is 0 Å². The highest BCUT2D eigenvalue weighted by Crippen LogP contribution is 2.38. The molecule has 0 spiro atoms. The van der Waals surface area contributed by atoms with Gasteiger partial charge in [-0.25, -0.2) is 0 Å². The normalized spacial score (nSPS) is 19.2. The molecule has 0 bridgehead atoms. The van der Waals surface area contributed by atoms with Gasteiger partial charge in [0.05, 0.1) is 17.1 Å². The maximum absolute atomic E-state index is 12.3. The number of rotatable bonds is 5. The lowest BCUT2D eigenvalue weighted by Gasteiger charge is -2.09. The number of anilines is 1. The van der Waals surface area contributed by atoms with E-state index >= 15 is 0 Å². The maximum atomic E-state index is 12.3. The molecular weight excluding hydrogens is 332 g/mol. The zero-order chi connectivity index (χ0) is 16.4. The number of hydrogen-bond donors (Lipinski definition) is 2. The molecule has 1 saturated carbocycles. The van der Waals surface area contributed by atoms with E-state index in [0.717, 1.165) is 11.3 Å². The van der Waals surface area contributed by atoms with Gasteiger partial charge in [0.25, 0.3) is 5.91 Å². The van der Waals surface area contributed by atoms with Crippen molar-refractivity contribution in [3.63, 3.8) is 0 Å². The molecule has 2 amide bonds. The molecule has 4 nitrogen and oxygen atoms in total. The zero-order valence-electron chi connectivity index (χ0n) is 12.6. The summed E-state index contributed by atoms with van der Waals surface area (Å²) in [5, 5.41) is 8.02. The van der Waals surface area contributed by atoms with Crippen molar-refractivity contribution in [2.45, 2.75) is 19.9 Å². The average Bonchev–Trinajstić information content (AvgIpc) is 3.05. The van der Waals surface area contributed by atoms with Crippen LogP contribution in [0.15, 0.2) is 35.7 Å². The van der Waals surface area contributed by atoms with E-state index in [-0.39, 0.29) is 17.7 Å². The molecule has 3 rings (SSSR count). The molecule has 2 aromatic rings. The summed E-state index contributed by atoms with van der Waals surface area (Å²) in [5.74, 6) is 0.279. The van der Waals surface area contributed by atoms with Crippen LogP contribution in [-0.4, -0.2) is 11.8 Å².